The molecule has 18 heavy (non-hydrogen) atoms. The minimum atomic E-state index is 0.00801. The highest BCUT2D eigenvalue weighted by molar-refractivity contribution is 5.74. The molecule has 0 aliphatic carbocycles. The van der Waals surface area contributed by atoms with Crippen LogP contribution >= 0.6 is 0 Å². The number of carbonyl (C=O) groups excluding carboxylic acids is 1. The number of ether oxygens (including phenoxy) is 2. The fraction of sp³-hybridized carbons (Fsp3) is 0.769. The molecule has 0 spiro atoms. The molecule has 1 N–H and O–H groups in total. The highest BCUT2D eigenvalue weighted by atomic mass is 16.5. The van der Waals surface area contributed by atoms with Crippen LogP contribution in [0.25, 0.3) is 0 Å². The minimum absolute atomic E-state index is 0.00801. The standard InChI is InChI=1S/C13H24N2O3/c1-3-6-14-13(16)15-7-4-12(5-8-15)11-18-10-9-17-2/h3,12H,1,4-11H2,2H3,(H,14,16). The fourth-order valence-electron chi connectivity index (χ4n) is 1.97. The highest BCUT2D eigenvalue weighted by Gasteiger charge is 2.22. The van der Waals surface area contributed by atoms with E-state index in [0.29, 0.717) is 25.7 Å². The van der Waals surface area contributed by atoms with Crippen molar-refractivity contribution in [3.8, 4) is 0 Å². The monoisotopic (exact) mass is 256 g/mol. The molecule has 1 rings (SSSR count). The Bertz CT molecular complexity index is 251. The number of hydrogen-bond donors (Lipinski definition) is 1. The van der Waals surface area contributed by atoms with Gasteiger partial charge >= 0.3 is 6.03 Å². The third-order valence-electron chi connectivity index (χ3n) is 3.08. The normalized spacial score (nSPS) is 16.6. The third-order valence-corrected chi connectivity index (χ3v) is 3.08. The molecule has 0 aromatic heterocycles. The van der Waals surface area contributed by atoms with Crippen molar-refractivity contribution in [1.29, 1.82) is 0 Å². The van der Waals surface area contributed by atoms with Crippen molar-refractivity contribution in [3.05, 3.63) is 12.7 Å². The molecule has 0 unspecified atom stereocenters. The third kappa shape index (κ3) is 5.51. The molecule has 1 fully saturated rings. The van der Waals surface area contributed by atoms with E-state index >= 15 is 0 Å². The Hall–Kier alpha value is -1.07. The summed E-state index contributed by atoms with van der Waals surface area (Å²) < 4.78 is 10.4. The van der Waals surface area contributed by atoms with Crippen LogP contribution in [-0.2, 0) is 9.47 Å². The summed E-state index contributed by atoms with van der Waals surface area (Å²) in [5, 5.41) is 2.80. The summed E-state index contributed by atoms with van der Waals surface area (Å²) in [7, 11) is 1.67. The topological polar surface area (TPSA) is 50.8 Å². The van der Waals surface area contributed by atoms with E-state index < -0.39 is 0 Å². The number of piperidine rings is 1. The summed E-state index contributed by atoms with van der Waals surface area (Å²) in [4.78, 5) is 13.5. The van der Waals surface area contributed by atoms with E-state index in [9.17, 15) is 4.79 Å². The van der Waals surface area contributed by atoms with Gasteiger partial charge in [-0.1, -0.05) is 6.08 Å². The lowest BCUT2D eigenvalue weighted by Gasteiger charge is -2.31. The van der Waals surface area contributed by atoms with Crippen molar-refractivity contribution in [2.24, 2.45) is 5.92 Å². The van der Waals surface area contributed by atoms with Gasteiger partial charge in [0.15, 0.2) is 0 Å². The number of nitrogens with zero attached hydrogens (tertiary/aromatic N) is 1. The van der Waals surface area contributed by atoms with Gasteiger partial charge in [0.2, 0.25) is 0 Å². The van der Waals surface area contributed by atoms with Gasteiger partial charge in [0.25, 0.3) is 0 Å². The molecule has 0 saturated carbocycles. The highest BCUT2D eigenvalue weighted by Crippen LogP contribution is 2.17. The van der Waals surface area contributed by atoms with E-state index in [4.69, 9.17) is 9.47 Å². The molecule has 1 heterocycles. The second-order valence-corrected chi connectivity index (χ2v) is 4.47. The van der Waals surface area contributed by atoms with Crippen molar-refractivity contribution in [1.82, 2.24) is 10.2 Å². The van der Waals surface area contributed by atoms with Crippen molar-refractivity contribution in [3.63, 3.8) is 0 Å². The van der Waals surface area contributed by atoms with E-state index in [-0.39, 0.29) is 6.03 Å². The number of rotatable bonds is 7. The van der Waals surface area contributed by atoms with Crippen LogP contribution in [0.4, 0.5) is 4.79 Å². The summed E-state index contributed by atoms with van der Waals surface area (Å²) in [5.74, 6) is 0.560. The predicted octanol–water partition coefficient (Wildman–Crippen LogP) is 1.26. The van der Waals surface area contributed by atoms with Gasteiger partial charge in [0, 0.05) is 33.4 Å². The van der Waals surface area contributed by atoms with Gasteiger partial charge in [-0.25, -0.2) is 4.79 Å². The minimum Gasteiger partial charge on any atom is -0.382 e. The molecule has 104 valence electrons. The first-order valence-corrected chi connectivity index (χ1v) is 6.48. The average Bonchev–Trinajstić information content (AvgIpc) is 2.41. The molecule has 1 aliphatic heterocycles. The second kappa shape index (κ2) is 8.94. The zero-order valence-electron chi connectivity index (χ0n) is 11.2. The summed E-state index contributed by atoms with van der Waals surface area (Å²) >= 11 is 0. The summed E-state index contributed by atoms with van der Waals surface area (Å²) in [6.45, 7) is 7.78. The Labute approximate surface area is 109 Å². The van der Waals surface area contributed by atoms with Gasteiger partial charge < -0.3 is 19.7 Å². The smallest absolute Gasteiger partial charge is 0.317 e. The van der Waals surface area contributed by atoms with E-state index in [0.717, 1.165) is 32.5 Å². The van der Waals surface area contributed by atoms with Crippen LogP contribution in [0.5, 0.6) is 0 Å². The Balaban J connectivity index is 2.12. The number of urea groups is 1. The molecular formula is C13H24N2O3. The van der Waals surface area contributed by atoms with Gasteiger partial charge in [0.05, 0.1) is 13.2 Å². The van der Waals surface area contributed by atoms with E-state index in [1.165, 1.54) is 0 Å². The van der Waals surface area contributed by atoms with Crippen molar-refractivity contribution in [2.45, 2.75) is 12.8 Å². The zero-order valence-corrected chi connectivity index (χ0v) is 11.2. The molecule has 0 bridgehead atoms. The Morgan fingerprint density at radius 2 is 2.17 bits per heavy atom. The first-order chi connectivity index (χ1) is 8.77. The molecule has 0 aromatic rings. The van der Waals surface area contributed by atoms with Gasteiger partial charge in [0.1, 0.15) is 0 Å². The predicted molar refractivity (Wildman–Crippen MR) is 70.6 cm³/mol. The first kappa shape index (κ1) is 15.0. The van der Waals surface area contributed by atoms with Crippen LogP contribution < -0.4 is 5.32 Å². The lowest BCUT2D eigenvalue weighted by molar-refractivity contribution is 0.0382. The number of methoxy groups -OCH3 is 1. The van der Waals surface area contributed by atoms with Gasteiger partial charge in [-0.2, -0.15) is 0 Å². The van der Waals surface area contributed by atoms with Crippen LogP contribution in [0.2, 0.25) is 0 Å². The van der Waals surface area contributed by atoms with Gasteiger partial charge in [-0.15, -0.1) is 6.58 Å². The van der Waals surface area contributed by atoms with Crippen LogP contribution in [0.15, 0.2) is 12.7 Å². The maximum atomic E-state index is 11.7. The summed E-state index contributed by atoms with van der Waals surface area (Å²) in [5.41, 5.74) is 0. The molecule has 0 aromatic carbocycles. The molecule has 2 amide bonds. The van der Waals surface area contributed by atoms with Crippen molar-refractivity contribution >= 4 is 6.03 Å². The molecule has 0 atom stereocenters. The molecule has 0 radical (unpaired) electrons. The number of amides is 2. The zero-order chi connectivity index (χ0) is 13.2. The van der Waals surface area contributed by atoms with Gasteiger partial charge in [-0.05, 0) is 18.8 Å². The Morgan fingerprint density at radius 3 is 2.78 bits per heavy atom. The summed E-state index contributed by atoms with van der Waals surface area (Å²) in [6, 6.07) is 0.00801. The SMILES string of the molecule is C=CCNC(=O)N1CCC(COCCOC)CC1. The molecule has 1 aliphatic rings. The first-order valence-electron chi connectivity index (χ1n) is 6.48. The van der Waals surface area contributed by atoms with Crippen molar-refractivity contribution in [2.75, 3.05) is 46.6 Å². The van der Waals surface area contributed by atoms with Crippen LogP contribution in [-0.4, -0.2) is 57.5 Å². The average molecular weight is 256 g/mol. The molecule has 5 heteroatoms. The lowest BCUT2D eigenvalue weighted by atomic mass is 9.98. The number of likely N-dealkylation sites (tertiary alicyclic amines) is 1. The van der Waals surface area contributed by atoms with Crippen LogP contribution in [0, 0.1) is 5.92 Å². The quantitative estimate of drug-likeness (QED) is 0.551. The number of carbonyl (C=O) groups is 1. The van der Waals surface area contributed by atoms with Crippen LogP contribution in [0.3, 0.4) is 0 Å². The fourth-order valence-corrected chi connectivity index (χ4v) is 1.97. The second-order valence-electron chi connectivity index (χ2n) is 4.47. The summed E-state index contributed by atoms with van der Waals surface area (Å²) in [6.07, 6.45) is 3.71. The van der Waals surface area contributed by atoms with E-state index in [1.807, 2.05) is 4.90 Å². The maximum absolute atomic E-state index is 11.7. The molecular weight excluding hydrogens is 232 g/mol. The lowest BCUT2D eigenvalue weighted by Crippen LogP contribution is -2.45. The molecule has 5 nitrogen and oxygen atoms in total. The largest absolute Gasteiger partial charge is 0.382 e. The molecule has 1 saturated heterocycles. The number of hydrogen-bond acceptors (Lipinski definition) is 3. The maximum Gasteiger partial charge on any atom is 0.317 e. The number of nitrogens with one attached hydrogen (secondary N) is 1. The van der Waals surface area contributed by atoms with Crippen LogP contribution in [0.1, 0.15) is 12.8 Å². The van der Waals surface area contributed by atoms with E-state index in [1.54, 1.807) is 13.2 Å². The van der Waals surface area contributed by atoms with Crippen molar-refractivity contribution < 1.29 is 14.3 Å². The van der Waals surface area contributed by atoms with Gasteiger partial charge in [-0.3, -0.25) is 0 Å². The Kier molecular flexibility index (Phi) is 7.44. The van der Waals surface area contributed by atoms with E-state index in [2.05, 4.69) is 11.9 Å². The Morgan fingerprint density at radius 1 is 1.44 bits per heavy atom.